The summed E-state index contributed by atoms with van der Waals surface area (Å²) in [6, 6.07) is 0. The molecule has 8 heteroatoms. The molecular weight excluding hydrogens is 296 g/mol. The average Bonchev–Trinajstić information content (AvgIpc) is 3.04. The first-order chi connectivity index (χ1) is 9.61. The maximum absolute atomic E-state index is 12.1. The fourth-order valence-corrected chi connectivity index (χ4v) is 2.80. The summed E-state index contributed by atoms with van der Waals surface area (Å²) in [5, 5.41) is 15.7. The second-order valence-corrected chi connectivity index (χ2v) is 5.87. The van der Waals surface area contributed by atoms with Gasteiger partial charge in [-0.3, -0.25) is 10.1 Å². The van der Waals surface area contributed by atoms with E-state index < -0.39 is 0 Å². The lowest BCUT2D eigenvalue weighted by Crippen LogP contribution is -2.12. The van der Waals surface area contributed by atoms with Gasteiger partial charge in [-0.05, 0) is 17.5 Å². The molecule has 2 aromatic rings. The molecule has 6 nitrogen and oxygen atoms in total. The predicted octanol–water partition coefficient (Wildman–Crippen LogP) is 1.71. The van der Waals surface area contributed by atoms with Crippen LogP contribution >= 0.6 is 22.9 Å². The molecule has 0 radical (unpaired) electrons. The molecule has 0 fully saturated rings. The molecule has 0 atom stereocenters. The number of hydrogen-bond donors (Lipinski definition) is 2. The van der Waals surface area contributed by atoms with E-state index in [0.29, 0.717) is 20.6 Å². The Morgan fingerprint density at radius 2 is 2.35 bits per heavy atom. The van der Waals surface area contributed by atoms with E-state index in [1.54, 1.807) is 6.20 Å². The average molecular weight is 308 g/mol. The van der Waals surface area contributed by atoms with E-state index in [2.05, 4.69) is 31.7 Å². The Labute approximate surface area is 124 Å². The molecule has 0 aliphatic heterocycles. The highest BCUT2D eigenvalue weighted by Gasteiger charge is 2.19. The first kappa shape index (κ1) is 14.6. The number of amides is 1. The summed E-state index contributed by atoms with van der Waals surface area (Å²) in [6.07, 6.45) is 1.55. The number of aromatic nitrogens is 3. The van der Waals surface area contributed by atoms with Crippen LogP contribution in [0.5, 0.6) is 0 Å². The lowest BCUT2D eigenvalue weighted by molar-refractivity contribution is 0.102. The Morgan fingerprint density at radius 3 is 3.05 bits per heavy atom. The molecule has 2 aromatic heterocycles. The number of nitrogens with one attached hydrogen (secondary N) is 1. The number of nitrogens with zero attached hydrogens (tertiary/aromatic N) is 3. The molecule has 2 rings (SSSR count). The van der Waals surface area contributed by atoms with Gasteiger partial charge in [0.1, 0.15) is 11.5 Å². The molecule has 0 spiro atoms. The van der Waals surface area contributed by atoms with Crippen LogP contribution in [0.4, 0.5) is 5.13 Å². The van der Waals surface area contributed by atoms with E-state index in [9.17, 15) is 4.79 Å². The molecule has 0 unspecified atom stereocenters. The zero-order chi connectivity index (χ0) is 14.5. The number of carbonyl (C=O) groups excluding carboxylic acids is 1. The van der Waals surface area contributed by atoms with Crippen LogP contribution in [-0.2, 0) is 0 Å². The Morgan fingerprint density at radius 1 is 1.55 bits per heavy atom. The summed E-state index contributed by atoms with van der Waals surface area (Å²) in [5.41, 5.74) is 0.685. The van der Waals surface area contributed by atoms with Crippen molar-refractivity contribution in [1.29, 1.82) is 0 Å². The van der Waals surface area contributed by atoms with E-state index in [-0.39, 0.29) is 18.4 Å². The molecule has 0 aromatic carbocycles. The van der Waals surface area contributed by atoms with Gasteiger partial charge in [-0.1, -0.05) is 41.5 Å². The van der Waals surface area contributed by atoms with Gasteiger partial charge in [-0.15, -0.1) is 5.10 Å². The SMILES string of the molecule is CC(C)c1nnsc1C(=O)Nc1ncc(C#CCO)s1. The van der Waals surface area contributed by atoms with Crippen LogP contribution in [0.2, 0.25) is 0 Å². The molecule has 2 heterocycles. The minimum Gasteiger partial charge on any atom is -0.384 e. The second kappa shape index (κ2) is 6.56. The molecule has 2 N–H and O–H groups in total. The van der Waals surface area contributed by atoms with Crippen molar-refractivity contribution in [2.45, 2.75) is 19.8 Å². The summed E-state index contributed by atoms with van der Waals surface area (Å²) in [5.74, 6) is 5.13. The van der Waals surface area contributed by atoms with Crippen LogP contribution in [0, 0.1) is 11.8 Å². The van der Waals surface area contributed by atoms with Gasteiger partial charge in [-0.2, -0.15) is 0 Å². The van der Waals surface area contributed by atoms with Crippen molar-refractivity contribution in [3.8, 4) is 11.8 Å². The zero-order valence-corrected chi connectivity index (χ0v) is 12.5. The smallest absolute Gasteiger partial charge is 0.271 e. The van der Waals surface area contributed by atoms with Crippen molar-refractivity contribution in [2.75, 3.05) is 11.9 Å². The first-order valence-corrected chi connectivity index (χ1v) is 7.40. The standard InChI is InChI=1S/C12H12N4O2S2/c1-7(2)9-10(20-16-15-9)11(18)14-12-13-6-8(19-12)4-3-5-17/h6-7,17H,5H2,1-2H3,(H,13,14,18). The number of rotatable bonds is 3. The van der Waals surface area contributed by atoms with Crippen LogP contribution in [0.3, 0.4) is 0 Å². The summed E-state index contributed by atoms with van der Waals surface area (Å²) in [7, 11) is 0. The summed E-state index contributed by atoms with van der Waals surface area (Å²) < 4.78 is 3.82. The van der Waals surface area contributed by atoms with Crippen LogP contribution in [0.1, 0.15) is 40.0 Å². The number of aliphatic hydroxyl groups excluding tert-OH is 1. The predicted molar refractivity (Wildman–Crippen MR) is 78.0 cm³/mol. The largest absolute Gasteiger partial charge is 0.384 e. The fraction of sp³-hybridized carbons (Fsp3) is 0.333. The van der Waals surface area contributed by atoms with Crippen molar-refractivity contribution in [3.63, 3.8) is 0 Å². The molecule has 0 saturated carbocycles. The maximum Gasteiger partial charge on any atom is 0.271 e. The van der Waals surface area contributed by atoms with Crippen molar-refractivity contribution >= 4 is 33.9 Å². The van der Waals surface area contributed by atoms with E-state index >= 15 is 0 Å². The molecule has 104 valence electrons. The number of hydrogen-bond acceptors (Lipinski definition) is 7. The summed E-state index contributed by atoms with van der Waals surface area (Å²) in [6.45, 7) is 3.71. The highest BCUT2D eigenvalue weighted by Crippen LogP contribution is 2.22. The van der Waals surface area contributed by atoms with Gasteiger partial charge < -0.3 is 5.11 Å². The van der Waals surface area contributed by atoms with Gasteiger partial charge in [-0.25, -0.2) is 4.98 Å². The Hall–Kier alpha value is -1.82. The van der Waals surface area contributed by atoms with Crippen LogP contribution in [-0.4, -0.2) is 32.2 Å². The molecule has 1 amide bonds. The van der Waals surface area contributed by atoms with E-state index in [0.717, 1.165) is 11.5 Å². The van der Waals surface area contributed by atoms with Gasteiger partial charge >= 0.3 is 0 Å². The third-order valence-electron chi connectivity index (χ3n) is 2.28. The molecule has 0 bridgehead atoms. The van der Waals surface area contributed by atoms with Gasteiger partial charge in [0.15, 0.2) is 5.13 Å². The molecular formula is C12H12N4O2S2. The fourth-order valence-electron chi connectivity index (χ4n) is 1.40. The minimum atomic E-state index is -0.264. The normalized spacial score (nSPS) is 10.2. The van der Waals surface area contributed by atoms with Crippen molar-refractivity contribution in [1.82, 2.24) is 14.6 Å². The third-order valence-corrected chi connectivity index (χ3v) is 3.85. The monoisotopic (exact) mass is 308 g/mol. The Kier molecular flexibility index (Phi) is 4.79. The number of thiazole rings is 1. The number of anilines is 1. The van der Waals surface area contributed by atoms with Crippen LogP contribution < -0.4 is 5.32 Å². The number of aliphatic hydroxyl groups is 1. The summed E-state index contributed by atoms with van der Waals surface area (Å²) >= 11 is 2.32. The highest BCUT2D eigenvalue weighted by atomic mass is 32.1. The maximum atomic E-state index is 12.1. The van der Waals surface area contributed by atoms with Crippen LogP contribution in [0.25, 0.3) is 0 Å². The summed E-state index contributed by atoms with van der Waals surface area (Å²) in [4.78, 5) is 17.4. The topological polar surface area (TPSA) is 88.0 Å². The molecule has 0 aliphatic carbocycles. The van der Waals surface area contributed by atoms with Gasteiger partial charge in [0.05, 0.1) is 16.8 Å². The quantitative estimate of drug-likeness (QED) is 0.843. The zero-order valence-electron chi connectivity index (χ0n) is 10.9. The molecule has 0 aliphatic rings. The second-order valence-electron chi connectivity index (χ2n) is 4.09. The Balaban J connectivity index is 2.11. The third kappa shape index (κ3) is 3.39. The van der Waals surface area contributed by atoms with E-state index in [1.807, 2.05) is 13.8 Å². The lowest BCUT2D eigenvalue weighted by atomic mass is 10.1. The van der Waals surface area contributed by atoms with Gasteiger partial charge in [0.25, 0.3) is 5.91 Å². The highest BCUT2D eigenvalue weighted by molar-refractivity contribution is 7.16. The van der Waals surface area contributed by atoms with Crippen molar-refractivity contribution < 1.29 is 9.90 Å². The Bertz CT molecular complexity index is 666. The number of carbonyl (C=O) groups is 1. The first-order valence-electron chi connectivity index (χ1n) is 5.81. The van der Waals surface area contributed by atoms with Crippen molar-refractivity contribution in [2.24, 2.45) is 0 Å². The van der Waals surface area contributed by atoms with E-state index in [1.165, 1.54) is 11.3 Å². The molecule has 20 heavy (non-hydrogen) atoms. The molecule has 0 saturated heterocycles. The van der Waals surface area contributed by atoms with Gasteiger partial charge in [0, 0.05) is 0 Å². The van der Waals surface area contributed by atoms with E-state index in [4.69, 9.17) is 5.11 Å². The minimum absolute atomic E-state index is 0.136. The van der Waals surface area contributed by atoms with Crippen molar-refractivity contribution in [3.05, 3.63) is 21.6 Å². The van der Waals surface area contributed by atoms with Crippen LogP contribution in [0.15, 0.2) is 6.20 Å². The van der Waals surface area contributed by atoms with Gasteiger partial charge in [0.2, 0.25) is 0 Å². The lowest BCUT2D eigenvalue weighted by Gasteiger charge is -2.03.